The molecule has 6 heteroatoms. The van der Waals surface area contributed by atoms with Crippen LogP contribution in [0.4, 0.5) is 5.69 Å². The molecule has 2 amide bonds. The zero-order valence-electron chi connectivity index (χ0n) is 14.5. The number of nitrogens with zero attached hydrogens (tertiary/aromatic N) is 1. The highest BCUT2D eigenvalue weighted by atomic mass is 16.6. The van der Waals surface area contributed by atoms with Crippen LogP contribution < -0.4 is 19.7 Å². The lowest BCUT2D eigenvalue weighted by molar-refractivity contribution is -0.119. The van der Waals surface area contributed by atoms with Gasteiger partial charge in [0.1, 0.15) is 13.2 Å². The molecule has 0 fully saturated rings. The average molecular weight is 352 g/mol. The summed E-state index contributed by atoms with van der Waals surface area (Å²) in [6, 6.07) is 13.1. The molecule has 0 radical (unpaired) electrons. The van der Waals surface area contributed by atoms with Gasteiger partial charge in [-0.15, -0.1) is 0 Å². The lowest BCUT2D eigenvalue weighted by Crippen LogP contribution is -2.37. The normalized spacial score (nSPS) is 18.3. The van der Waals surface area contributed by atoms with Crippen molar-refractivity contribution in [2.24, 2.45) is 0 Å². The minimum Gasteiger partial charge on any atom is -0.486 e. The first kappa shape index (κ1) is 16.4. The summed E-state index contributed by atoms with van der Waals surface area (Å²) < 4.78 is 11.1. The second-order valence-electron chi connectivity index (χ2n) is 6.45. The van der Waals surface area contributed by atoms with Gasteiger partial charge < -0.3 is 19.7 Å². The fourth-order valence-corrected chi connectivity index (χ4v) is 3.48. The van der Waals surface area contributed by atoms with Crippen LogP contribution in [0.25, 0.3) is 0 Å². The summed E-state index contributed by atoms with van der Waals surface area (Å²) in [5.41, 5.74) is 2.43. The highest BCUT2D eigenvalue weighted by Crippen LogP contribution is 2.36. The van der Waals surface area contributed by atoms with Gasteiger partial charge in [0, 0.05) is 31.6 Å². The maximum atomic E-state index is 12.7. The first-order valence-corrected chi connectivity index (χ1v) is 8.67. The van der Waals surface area contributed by atoms with Gasteiger partial charge in [-0.2, -0.15) is 0 Å². The molecule has 0 aliphatic carbocycles. The quantitative estimate of drug-likeness (QED) is 0.921. The van der Waals surface area contributed by atoms with E-state index in [1.54, 1.807) is 30.1 Å². The molecule has 0 bridgehead atoms. The van der Waals surface area contributed by atoms with Crippen LogP contribution in [0, 0.1) is 0 Å². The number of carbonyl (C=O) groups excluding carboxylic acids is 2. The fraction of sp³-hybridized carbons (Fsp3) is 0.300. The monoisotopic (exact) mass is 352 g/mol. The highest BCUT2D eigenvalue weighted by Gasteiger charge is 2.29. The molecule has 0 saturated carbocycles. The number of carbonyl (C=O) groups is 2. The van der Waals surface area contributed by atoms with Crippen LogP contribution in [0.1, 0.15) is 28.3 Å². The van der Waals surface area contributed by atoms with Gasteiger partial charge >= 0.3 is 0 Å². The molecule has 2 aliphatic heterocycles. The first-order valence-electron chi connectivity index (χ1n) is 8.67. The SMILES string of the molecule is CN1C(=O)C[C@H](CNC(=O)c2cccc3c2OCCO3)c2ccccc21. The lowest BCUT2D eigenvalue weighted by Gasteiger charge is -2.31. The molecule has 1 atom stereocenters. The molecule has 0 spiro atoms. The Morgan fingerprint density at radius 1 is 1.15 bits per heavy atom. The van der Waals surface area contributed by atoms with E-state index < -0.39 is 0 Å². The Labute approximate surface area is 151 Å². The third kappa shape index (κ3) is 2.87. The van der Waals surface area contributed by atoms with Crippen LogP contribution in [-0.2, 0) is 4.79 Å². The van der Waals surface area contributed by atoms with E-state index in [-0.39, 0.29) is 17.7 Å². The number of hydrogen-bond acceptors (Lipinski definition) is 4. The van der Waals surface area contributed by atoms with E-state index in [0.717, 1.165) is 11.3 Å². The molecule has 26 heavy (non-hydrogen) atoms. The Hall–Kier alpha value is -3.02. The highest BCUT2D eigenvalue weighted by molar-refractivity contribution is 5.99. The van der Waals surface area contributed by atoms with Gasteiger partial charge in [0.05, 0.1) is 5.56 Å². The summed E-state index contributed by atoms with van der Waals surface area (Å²) in [4.78, 5) is 26.6. The average Bonchev–Trinajstić information content (AvgIpc) is 2.69. The summed E-state index contributed by atoms with van der Waals surface area (Å²) in [6.45, 7) is 1.29. The van der Waals surface area contributed by atoms with Gasteiger partial charge in [-0.05, 0) is 23.8 Å². The van der Waals surface area contributed by atoms with Crippen molar-refractivity contribution in [1.29, 1.82) is 0 Å². The van der Waals surface area contributed by atoms with Crippen molar-refractivity contribution >= 4 is 17.5 Å². The number of rotatable bonds is 3. The molecule has 2 aliphatic rings. The molecule has 0 unspecified atom stereocenters. The fourth-order valence-electron chi connectivity index (χ4n) is 3.48. The van der Waals surface area contributed by atoms with Crippen LogP contribution >= 0.6 is 0 Å². The molecule has 2 aromatic carbocycles. The molecule has 0 saturated heterocycles. The maximum Gasteiger partial charge on any atom is 0.255 e. The van der Waals surface area contributed by atoms with Crippen molar-refractivity contribution in [2.75, 3.05) is 31.7 Å². The topological polar surface area (TPSA) is 67.9 Å². The zero-order chi connectivity index (χ0) is 18.1. The van der Waals surface area contributed by atoms with E-state index in [0.29, 0.717) is 43.2 Å². The molecular formula is C20H20N2O4. The van der Waals surface area contributed by atoms with Crippen LogP contribution in [0.2, 0.25) is 0 Å². The predicted octanol–water partition coefficient (Wildman–Crippen LogP) is 2.34. The Morgan fingerprint density at radius 3 is 2.85 bits per heavy atom. The van der Waals surface area contributed by atoms with Crippen molar-refractivity contribution in [3.05, 3.63) is 53.6 Å². The van der Waals surface area contributed by atoms with Gasteiger partial charge in [0.15, 0.2) is 11.5 Å². The summed E-state index contributed by atoms with van der Waals surface area (Å²) >= 11 is 0. The Kier molecular flexibility index (Phi) is 4.24. The molecule has 2 heterocycles. The van der Waals surface area contributed by atoms with Crippen molar-refractivity contribution in [3.8, 4) is 11.5 Å². The van der Waals surface area contributed by atoms with E-state index in [1.807, 2.05) is 24.3 Å². The summed E-state index contributed by atoms with van der Waals surface area (Å²) in [6.07, 6.45) is 0.375. The molecule has 0 aromatic heterocycles. The minimum atomic E-state index is -0.226. The predicted molar refractivity (Wildman–Crippen MR) is 97.0 cm³/mol. The van der Waals surface area contributed by atoms with Crippen LogP contribution in [0.15, 0.2) is 42.5 Å². The molecule has 4 rings (SSSR count). The van der Waals surface area contributed by atoms with Crippen LogP contribution in [0.5, 0.6) is 11.5 Å². The number of fused-ring (bicyclic) bond motifs is 2. The molecule has 134 valence electrons. The zero-order valence-corrected chi connectivity index (χ0v) is 14.5. The van der Waals surface area contributed by atoms with Gasteiger partial charge in [-0.25, -0.2) is 0 Å². The second kappa shape index (κ2) is 6.71. The Bertz CT molecular complexity index is 865. The second-order valence-corrected chi connectivity index (χ2v) is 6.45. The molecular weight excluding hydrogens is 332 g/mol. The summed E-state index contributed by atoms with van der Waals surface area (Å²) in [7, 11) is 1.78. The van der Waals surface area contributed by atoms with Gasteiger partial charge in [-0.1, -0.05) is 24.3 Å². The number of benzene rings is 2. The van der Waals surface area contributed by atoms with E-state index in [9.17, 15) is 9.59 Å². The summed E-state index contributed by atoms with van der Waals surface area (Å²) in [5.74, 6) is 0.850. The first-order chi connectivity index (χ1) is 12.6. The van der Waals surface area contributed by atoms with Gasteiger partial charge in [-0.3, -0.25) is 9.59 Å². The van der Waals surface area contributed by atoms with Crippen LogP contribution in [0.3, 0.4) is 0 Å². The third-order valence-corrected chi connectivity index (χ3v) is 4.85. The number of anilines is 1. The third-order valence-electron chi connectivity index (χ3n) is 4.85. The molecule has 6 nitrogen and oxygen atoms in total. The van der Waals surface area contributed by atoms with Crippen molar-refractivity contribution in [3.63, 3.8) is 0 Å². The lowest BCUT2D eigenvalue weighted by atomic mass is 9.89. The van der Waals surface area contributed by atoms with Crippen molar-refractivity contribution < 1.29 is 19.1 Å². The van der Waals surface area contributed by atoms with Crippen LogP contribution in [-0.4, -0.2) is 38.6 Å². The molecule has 1 N–H and O–H groups in total. The van der Waals surface area contributed by atoms with E-state index in [4.69, 9.17) is 9.47 Å². The van der Waals surface area contributed by atoms with E-state index in [2.05, 4.69) is 5.32 Å². The minimum absolute atomic E-state index is 0.0458. The smallest absolute Gasteiger partial charge is 0.255 e. The summed E-state index contributed by atoms with van der Waals surface area (Å²) in [5, 5.41) is 2.95. The maximum absolute atomic E-state index is 12.7. The van der Waals surface area contributed by atoms with Gasteiger partial charge in [0.25, 0.3) is 5.91 Å². The number of para-hydroxylation sites is 2. The Morgan fingerprint density at radius 2 is 1.96 bits per heavy atom. The standard InChI is InChI=1S/C20H20N2O4/c1-22-16-7-3-2-5-14(16)13(11-18(22)23)12-21-20(24)15-6-4-8-17-19(15)26-10-9-25-17/h2-8,13H,9-12H2,1H3,(H,21,24)/t13-/m1/s1. The number of amides is 2. The Balaban J connectivity index is 1.52. The van der Waals surface area contributed by atoms with Gasteiger partial charge in [0.2, 0.25) is 5.91 Å². The number of ether oxygens (including phenoxy) is 2. The van der Waals surface area contributed by atoms with E-state index in [1.165, 1.54) is 0 Å². The number of nitrogens with one attached hydrogen (secondary N) is 1. The molecule has 2 aromatic rings. The number of hydrogen-bond donors (Lipinski definition) is 1. The largest absolute Gasteiger partial charge is 0.486 e. The van der Waals surface area contributed by atoms with Crippen molar-refractivity contribution in [2.45, 2.75) is 12.3 Å². The van der Waals surface area contributed by atoms with E-state index >= 15 is 0 Å². The van der Waals surface area contributed by atoms with Crippen molar-refractivity contribution in [1.82, 2.24) is 5.32 Å².